The van der Waals surface area contributed by atoms with Gasteiger partial charge in [0.1, 0.15) is 16.7 Å². The molecule has 0 radical (unpaired) electrons. The van der Waals surface area contributed by atoms with Gasteiger partial charge in [0.25, 0.3) is 0 Å². The van der Waals surface area contributed by atoms with Crippen molar-refractivity contribution in [2.24, 2.45) is 0 Å². The highest BCUT2D eigenvalue weighted by molar-refractivity contribution is 7.16. The van der Waals surface area contributed by atoms with Gasteiger partial charge in [-0.3, -0.25) is 0 Å². The lowest BCUT2D eigenvalue weighted by Crippen LogP contribution is -1.90. The van der Waals surface area contributed by atoms with Crippen molar-refractivity contribution in [1.82, 2.24) is 4.98 Å². The van der Waals surface area contributed by atoms with Crippen LogP contribution in [0, 0.1) is 11.3 Å². The van der Waals surface area contributed by atoms with Gasteiger partial charge >= 0.3 is 0 Å². The molecule has 1 heterocycles. The van der Waals surface area contributed by atoms with E-state index in [9.17, 15) is 0 Å². The van der Waals surface area contributed by atoms with E-state index in [0.717, 1.165) is 5.69 Å². The van der Waals surface area contributed by atoms with Gasteiger partial charge in [-0.05, 0) is 18.2 Å². The quantitative estimate of drug-likeness (QED) is 0.924. The molecule has 4 nitrogen and oxygen atoms in total. The number of nitrogens with zero attached hydrogens (tertiary/aromatic N) is 2. The number of thiazole rings is 1. The van der Waals surface area contributed by atoms with Crippen LogP contribution in [0.15, 0.2) is 24.4 Å². The molecule has 0 aliphatic carbocycles. The zero-order chi connectivity index (χ0) is 12.3. The van der Waals surface area contributed by atoms with E-state index >= 15 is 0 Å². The largest absolute Gasteiger partial charge is 0.495 e. The number of anilines is 2. The highest BCUT2D eigenvalue weighted by Gasteiger charge is 2.04. The Hall–Kier alpha value is -1.77. The van der Waals surface area contributed by atoms with Crippen molar-refractivity contribution in [3.63, 3.8) is 0 Å². The van der Waals surface area contributed by atoms with E-state index in [-0.39, 0.29) is 0 Å². The maximum Gasteiger partial charge on any atom is 0.188 e. The van der Waals surface area contributed by atoms with Gasteiger partial charge in [0.2, 0.25) is 0 Å². The van der Waals surface area contributed by atoms with Crippen molar-refractivity contribution in [2.45, 2.75) is 0 Å². The van der Waals surface area contributed by atoms with Crippen LogP contribution in [0.2, 0.25) is 5.02 Å². The average molecular weight is 266 g/mol. The molecular weight excluding hydrogens is 258 g/mol. The van der Waals surface area contributed by atoms with E-state index in [1.165, 1.54) is 17.5 Å². The number of hydrogen-bond donors (Lipinski definition) is 1. The molecule has 0 unspecified atom stereocenters. The van der Waals surface area contributed by atoms with Crippen molar-refractivity contribution in [3.05, 3.63) is 34.3 Å². The zero-order valence-electron chi connectivity index (χ0n) is 8.90. The molecule has 17 heavy (non-hydrogen) atoms. The number of ether oxygens (including phenoxy) is 1. The van der Waals surface area contributed by atoms with E-state index in [1.807, 2.05) is 12.1 Å². The molecule has 0 aliphatic rings. The second kappa shape index (κ2) is 5.04. The smallest absolute Gasteiger partial charge is 0.188 e. The summed E-state index contributed by atoms with van der Waals surface area (Å²) in [6.45, 7) is 0. The lowest BCUT2D eigenvalue weighted by atomic mass is 10.3. The second-order valence-electron chi connectivity index (χ2n) is 3.12. The molecule has 0 atom stereocenters. The SMILES string of the molecule is COc1ccc(Nc2ncc(C#N)s2)cc1Cl. The molecule has 0 amide bonds. The molecule has 1 aromatic heterocycles. The minimum Gasteiger partial charge on any atom is -0.495 e. The fourth-order valence-corrected chi connectivity index (χ4v) is 2.14. The number of nitriles is 1. The predicted molar refractivity (Wildman–Crippen MR) is 68.1 cm³/mol. The van der Waals surface area contributed by atoms with Crippen LogP contribution in [-0.4, -0.2) is 12.1 Å². The molecule has 0 fully saturated rings. The monoisotopic (exact) mass is 265 g/mol. The molecule has 1 N–H and O–H groups in total. The van der Waals surface area contributed by atoms with Gasteiger partial charge in [-0.2, -0.15) is 5.26 Å². The predicted octanol–water partition coefficient (Wildman–Crippen LogP) is 3.42. The Kier molecular flexibility index (Phi) is 3.47. The summed E-state index contributed by atoms with van der Waals surface area (Å²) in [6.07, 6.45) is 1.53. The standard InChI is InChI=1S/C11H8ClN3OS/c1-16-10-3-2-7(4-9(10)12)15-11-14-6-8(5-13)17-11/h2-4,6H,1H3,(H,14,15). The number of aromatic nitrogens is 1. The first-order chi connectivity index (χ1) is 8.22. The minimum atomic E-state index is 0.523. The third-order valence-corrected chi connectivity index (χ3v) is 3.13. The van der Waals surface area contributed by atoms with Gasteiger partial charge in [-0.1, -0.05) is 22.9 Å². The van der Waals surface area contributed by atoms with Gasteiger partial charge in [-0.15, -0.1) is 0 Å². The summed E-state index contributed by atoms with van der Waals surface area (Å²) in [5.74, 6) is 0.620. The van der Waals surface area contributed by atoms with Crippen molar-refractivity contribution in [3.8, 4) is 11.8 Å². The van der Waals surface area contributed by atoms with Crippen LogP contribution < -0.4 is 10.1 Å². The minimum absolute atomic E-state index is 0.523. The highest BCUT2D eigenvalue weighted by atomic mass is 35.5. The number of rotatable bonds is 3. The molecule has 0 saturated carbocycles. The first-order valence-electron chi connectivity index (χ1n) is 4.69. The van der Waals surface area contributed by atoms with E-state index < -0.39 is 0 Å². The average Bonchev–Trinajstić information content (AvgIpc) is 2.77. The van der Waals surface area contributed by atoms with Crippen LogP contribution in [-0.2, 0) is 0 Å². The summed E-state index contributed by atoms with van der Waals surface area (Å²) in [5, 5.41) is 12.9. The fraction of sp³-hybridized carbons (Fsp3) is 0.0909. The molecule has 0 saturated heterocycles. The van der Waals surface area contributed by atoms with E-state index in [2.05, 4.69) is 10.3 Å². The molecule has 2 aromatic rings. The first-order valence-corrected chi connectivity index (χ1v) is 5.89. The van der Waals surface area contributed by atoms with E-state index in [4.69, 9.17) is 21.6 Å². The number of benzene rings is 1. The van der Waals surface area contributed by atoms with Crippen LogP contribution in [0.3, 0.4) is 0 Å². The summed E-state index contributed by atoms with van der Waals surface area (Å²) >= 11 is 7.28. The Morgan fingerprint density at radius 2 is 2.35 bits per heavy atom. The third-order valence-electron chi connectivity index (χ3n) is 2.02. The third kappa shape index (κ3) is 2.67. The summed E-state index contributed by atoms with van der Waals surface area (Å²) in [5.41, 5.74) is 0.801. The summed E-state index contributed by atoms with van der Waals surface area (Å²) in [6, 6.07) is 7.38. The Bertz CT molecular complexity index is 576. The van der Waals surface area contributed by atoms with E-state index in [1.54, 1.807) is 19.2 Å². The number of hydrogen-bond acceptors (Lipinski definition) is 5. The van der Waals surface area contributed by atoms with Gasteiger partial charge in [0.15, 0.2) is 5.13 Å². The number of nitrogens with one attached hydrogen (secondary N) is 1. The van der Waals surface area contributed by atoms with Crippen LogP contribution in [0.4, 0.5) is 10.8 Å². The summed E-state index contributed by atoms with van der Waals surface area (Å²) in [4.78, 5) is 4.63. The molecule has 1 aromatic carbocycles. The van der Waals surface area contributed by atoms with Crippen LogP contribution in [0.1, 0.15) is 4.88 Å². The number of halogens is 1. The van der Waals surface area contributed by atoms with Gasteiger partial charge in [0.05, 0.1) is 18.3 Å². The summed E-state index contributed by atoms with van der Waals surface area (Å²) < 4.78 is 5.06. The molecule has 2 rings (SSSR count). The maximum absolute atomic E-state index is 8.68. The summed E-state index contributed by atoms with van der Waals surface area (Å²) in [7, 11) is 1.56. The molecular formula is C11H8ClN3OS. The van der Waals surface area contributed by atoms with Gasteiger partial charge in [0, 0.05) is 5.69 Å². The first kappa shape index (κ1) is 11.7. The van der Waals surface area contributed by atoms with Crippen molar-refractivity contribution >= 4 is 33.8 Å². The van der Waals surface area contributed by atoms with E-state index in [0.29, 0.717) is 20.8 Å². The lowest BCUT2D eigenvalue weighted by molar-refractivity contribution is 0.415. The topological polar surface area (TPSA) is 57.9 Å². The van der Waals surface area contributed by atoms with Crippen molar-refractivity contribution < 1.29 is 4.74 Å². The van der Waals surface area contributed by atoms with Crippen LogP contribution in [0.5, 0.6) is 5.75 Å². The maximum atomic E-state index is 8.68. The van der Waals surface area contributed by atoms with Crippen molar-refractivity contribution in [2.75, 3.05) is 12.4 Å². The second-order valence-corrected chi connectivity index (χ2v) is 4.55. The fourth-order valence-electron chi connectivity index (χ4n) is 1.25. The molecule has 0 spiro atoms. The Balaban J connectivity index is 2.19. The van der Waals surface area contributed by atoms with Crippen LogP contribution >= 0.6 is 22.9 Å². The van der Waals surface area contributed by atoms with Crippen LogP contribution in [0.25, 0.3) is 0 Å². The van der Waals surface area contributed by atoms with Gasteiger partial charge in [-0.25, -0.2) is 4.98 Å². The van der Waals surface area contributed by atoms with Gasteiger partial charge < -0.3 is 10.1 Å². The number of methoxy groups -OCH3 is 1. The Labute approximate surface area is 107 Å². The normalized spacial score (nSPS) is 9.71. The Morgan fingerprint density at radius 1 is 1.53 bits per heavy atom. The lowest BCUT2D eigenvalue weighted by Gasteiger charge is -2.06. The molecule has 0 bridgehead atoms. The van der Waals surface area contributed by atoms with Crippen molar-refractivity contribution in [1.29, 1.82) is 5.26 Å². The molecule has 6 heteroatoms. The Morgan fingerprint density at radius 3 is 2.94 bits per heavy atom. The zero-order valence-corrected chi connectivity index (χ0v) is 10.5. The molecule has 0 aliphatic heterocycles. The highest BCUT2D eigenvalue weighted by Crippen LogP contribution is 2.29. The molecule has 86 valence electrons.